The Balaban J connectivity index is 1.35. The Morgan fingerprint density at radius 2 is 1.77 bits per heavy atom. The molecule has 0 bridgehead atoms. The summed E-state index contributed by atoms with van der Waals surface area (Å²) in [4.78, 5) is 41.6. The van der Waals surface area contributed by atoms with Gasteiger partial charge in [-0.15, -0.1) is 0 Å². The van der Waals surface area contributed by atoms with E-state index < -0.39 is 41.8 Å². The molecule has 35 heavy (non-hydrogen) atoms. The fourth-order valence-corrected chi connectivity index (χ4v) is 5.70. The standard InChI is InChI=1S/C25H24FN3O5S/c1-2-13-12-29(25(33)28-22(13)31)24-20(26)21(30)16(34-24)11-27-23(32)19-14-7-3-5-9-17(14)35-18-10-6-4-8-15(18)19/h3-10,12,16,19-21,24,30H,2,11H2,1H3,(H,27,32)(H,28,31,33)/t16-,20-,21-,24-/m1/s1. The van der Waals surface area contributed by atoms with Crippen LogP contribution in [0.1, 0.15) is 35.8 Å². The molecule has 0 aliphatic carbocycles. The number of aromatic amines is 1. The molecule has 0 spiro atoms. The number of aliphatic hydroxyl groups excluding tert-OH is 1. The van der Waals surface area contributed by atoms with Gasteiger partial charge in [0.15, 0.2) is 12.4 Å². The minimum Gasteiger partial charge on any atom is -0.387 e. The van der Waals surface area contributed by atoms with Crippen LogP contribution in [0.3, 0.4) is 0 Å². The van der Waals surface area contributed by atoms with E-state index in [2.05, 4.69) is 10.3 Å². The summed E-state index contributed by atoms with van der Waals surface area (Å²) < 4.78 is 21.6. The molecule has 4 atom stereocenters. The molecule has 0 saturated carbocycles. The molecule has 0 unspecified atom stereocenters. The molecule has 10 heteroatoms. The normalized spacial score (nSPS) is 23.5. The van der Waals surface area contributed by atoms with E-state index in [1.165, 1.54) is 6.20 Å². The summed E-state index contributed by atoms with van der Waals surface area (Å²) in [5.74, 6) is -0.859. The van der Waals surface area contributed by atoms with E-state index in [4.69, 9.17) is 4.74 Å². The van der Waals surface area contributed by atoms with Crippen molar-refractivity contribution in [2.45, 2.75) is 53.7 Å². The maximum absolute atomic E-state index is 15.0. The maximum atomic E-state index is 15.0. The first-order chi connectivity index (χ1) is 16.9. The molecule has 3 aromatic rings. The summed E-state index contributed by atoms with van der Waals surface area (Å²) >= 11 is 1.60. The highest BCUT2D eigenvalue weighted by molar-refractivity contribution is 7.99. The molecule has 182 valence electrons. The van der Waals surface area contributed by atoms with Crippen molar-refractivity contribution in [3.63, 3.8) is 0 Å². The minimum atomic E-state index is -1.92. The van der Waals surface area contributed by atoms with Crippen LogP contribution in [0, 0.1) is 0 Å². The third kappa shape index (κ3) is 4.22. The molecule has 2 aliphatic rings. The Labute approximate surface area is 204 Å². The first-order valence-corrected chi connectivity index (χ1v) is 12.2. The highest BCUT2D eigenvalue weighted by atomic mass is 32.2. The van der Waals surface area contributed by atoms with Crippen LogP contribution in [0.2, 0.25) is 0 Å². The molecule has 1 saturated heterocycles. The van der Waals surface area contributed by atoms with Crippen molar-refractivity contribution in [2.24, 2.45) is 0 Å². The number of nitrogens with one attached hydrogen (secondary N) is 2. The van der Waals surface area contributed by atoms with E-state index in [0.717, 1.165) is 25.5 Å². The number of carbonyl (C=O) groups is 1. The molecule has 3 heterocycles. The number of amides is 1. The van der Waals surface area contributed by atoms with Crippen LogP contribution in [0.5, 0.6) is 0 Å². The van der Waals surface area contributed by atoms with Crippen LogP contribution >= 0.6 is 11.8 Å². The minimum absolute atomic E-state index is 0.149. The van der Waals surface area contributed by atoms with Gasteiger partial charge in [0.1, 0.15) is 12.2 Å². The molecule has 8 nitrogen and oxygen atoms in total. The molecule has 2 aliphatic heterocycles. The Kier molecular flexibility index (Phi) is 6.35. The highest BCUT2D eigenvalue weighted by Gasteiger charge is 2.46. The summed E-state index contributed by atoms with van der Waals surface area (Å²) in [5.41, 5.74) is 0.658. The van der Waals surface area contributed by atoms with Gasteiger partial charge in [-0.2, -0.15) is 0 Å². The first kappa shape index (κ1) is 23.5. The van der Waals surface area contributed by atoms with Crippen molar-refractivity contribution in [1.29, 1.82) is 0 Å². The smallest absolute Gasteiger partial charge is 0.330 e. The predicted octanol–water partition coefficient (Wildman–Crippen LogP) is 2.11. The van der Waals surface area contributed by atoms with Gasteiger partial charge in [0.25, 0.3) is 5.56 Å². The second-order valence-corrected chi connectivity index (χ2v) is 9.61. The number of nitrogens with zero attached hydrogens (tertiary/aromatic N) is 1. The lowest BCUT2D eigenvalue weighted by atomic mass is 9.89. The lowest BCUT2D eigenvalue weighted by Crippen LogP contribution is -2.41. The number of alkyl halides is 1. The van der Waals surface area contributed by atoms with Gasteiger partial charge in [-0.25, -0.2) is 9.18 Å². The molecule has 5 rings (SSSR count). The lowest BCUT2D eigenvalue weighted by molar-refractivity contribution is -0.122. The third-order valence-electron chi connectivity index (χ3n) is 6.41. The summed E-state index contributed by atoms with van der Waals surface area (Å²) in [5, 5.41) is 13.3. The van der Waals surface area contributed by atoms with Crippen LogP contribution < -0.4 is 16.6 Å². The topological polar surface area (TPSA) is 113 Å². The highest BCUT2D eigenvalue weighted by Crippen LogP contribution is 2.45. The van der Waals surface area contributed by atoms with E-state index >= 15 is 0 Å². The van der Waals surface area contributed by atoms with Crippen molar-refractivity contribution >= 4 is 17.7 Å². The molecule has 2 aromatic carbocycles. The van der Waals surface area contributed by atoms with E-state index in [9.17, 15) is 23.9 Å². The molecular formula is C25H24FN3O5S. The Morgan fingerprint density at radius 3 is 2.40 bits per heavy atom. The number of rotatable bonds is 5. The average molecular weight is 498 g/mol. The summed E-state index contributed by atoms with van der Waals surface area (Å²) in [6.45, 7) is 1.58. The zero-order chi connectivity index (χ0) is 24.7. The maximum Gasteiger partial charge on any atom is 0.330 e. The van der Waals surface area contributed by atoms with E-state index in [-0.39, 0.29) is 12.5 Å². The summed E-state index contributed by atoms with van der Waals surface area (Å²) in [6.07, 6.45) is -4.40. The molecule has 1 fully saturated rings. The Hall–Kier alpha value is -3.21. The number of aryl methyl sites for hydroxylation is 1. The van der Waals surface area contributed by atoms with Crippen molar-refractivity contribution in [3.8, 4) is 0 Å². The number of aliphatic hydroxyl groups is 1. The molecule has 3 N–H and O–H groups in total. The zero-order valence-corrected chi connectivity index (χ0v) is 19.6. The largest absolute Gasteiger partial charge is 0.387 e. The van der Waals surface area contributed by atoms with Crippen LogP contribution in [0.25, 0.3) is 0 Å². The molecule has 0 radical (unpaired) electrons. The third-order valence-corrected chi connectivity index (χ3v) is 7.59. The quantitative estimate of drug-likeness (QED) is 0.498. The van der Waals surface area contributed by atoms with Gasteiger partial charge in [0.05, 0.1) is 5.92 Å². The molecule has 1 amide bonds. The summed E-state index contributed by atoms with van der Waals surface area (Å²) in [6, 6.07) is 15.3. The second kappa shape index (κ2) is 9.44. The number of benzene rings is 2. The monoisotopic (exact) mass is 497 g/mol. The number of aromatic nitrogens is 2. The van der Waals surface area contributed by atoms with Crippen molar-refractivity contribution in [2.75, 3.05) is 6.54 Å². The van der Waals surface area contributed by atoms with Gasteiger partial charge in [0, 0.05) is 28.1 Å². The summed E-state index contributed by atoms with van der Waals surface area (Å²) in [7, 11) is 0. The van der Waals surface area contributed by atoms with Gasteiger partial charge in [0.2, 0.25) is 5.91 Å². The van der Waals surface area contributed by atoms with E-state index in [0.29, 0.717) is 12.0 Å². The van der Waals surface area contributed by atoms with Crippen LogP contribution in [0.4, 0.5) is 4.39 Å². The van der Waals surface area contributed by atoms with Crippen molar-refractivity contribution < 1.29 is 19.0 Å². The number of ether oxygens (including phenoxy) is 1. The number of H-pyrrole nitrogens is 1. The van der Waals surface area contributed by atoms with Crippen LogP contribution in [0.15, 0.2) is 74.1 Å². The van der Waals surface area contributed by atoms with Crippen molar-refractivity contribution in [1.82, 2.24) is 14.9 Å². The molecular weight excluding hydrogens is 473 g/mol. The van der Waals surface area contributed by atoms with Gasteiger partial charge >= 0.3 is 5.69 Å². The van der Waals surface area contributed by atoms with Gasteiger partial charge in [-0.1, -0.05) is 55.1 Å². The van der Waals surface area contributed by atoms with E-state index in [1.807, 2.05) is 48.5 Å². The fourth-order valence-electron chi connectivity index (χ4n) is 4.56. The van der Waals surface area contributed by atoms with Gasteiger partial charge < -0.3 is 15.2 Å². The molecule has 1 aromatic heterocycles. The Morgan fingerprint density at radius 1 is 1.14 bits per heavy atom. The number of carbonyl (C=O) groups excluding carboxylic acids is 1. The van der Waals surface area contributed by atoms with Crippen LogP contribution in [-0.4, -0.2) is 45.5 Å². The lowest BCUT2D eigenvalue weighted by Gasteiger charge is -2.27. The van der Waals surface area contributed by atoms with Gasteiger partial charge in [-0.3, -0.25) is 19.1 Å². The van der Waals surface area contributed by atoms with Crippen molar-refractivity contribution in [3.05, 3.63) is 92.3 Å². The predicted molar refractivity (Wildman–Crippen MR) is 127 cm³/mol. The number of hydrogen-bond donors (Lipinski definition) is 3. The number of halogens is 1. The van der Waals surface area contributed by atoms with Gasteiger partial charge in [-0.05, 0) is 29.7 Å². The van der Waals surface area contributed by atoms with E-state index in [1.54, 1.807) is 18.7 Å². The Bertz CT molecular complexity index is 1340. The fraction of sp³-hybridized carbons (Fsp3) is 0.320. The average Bonchev–Trinajstić information content (AvgIpc) is 3.14. The first-order valence-electron chi connectivity index (χ1n) is 11.3. The second-order valence-electron chi connectivity index (χ2n) is 8.53. The zero-order valence-electron chi connectivity index (χ0n) is 18.8. The number of hydrogen-bond acceptors (Lipinski definition) is 6. The SMILES string of the molecule is CCc1cn([C@@H]2O[C@H](CNC(=O)C3c4ccccc4Sc4ccccc43)[C@@H](O)[C@H]2F)c(=O)[nH]c1=O. The van der Waals surface area contributed by atoms with Crippen LogP contribution in [-0.2, 0) is 16.0 Å². The number of fused-ring (bicyclic) bond motifs is 2.